The minimum atomic E-state index is -4.45. The van der Waals surface area contributed by atoms with E-state index in [0.717, 1.165) is 6.07 Å². The van der Waals surface area contributed by atoms with E-state index in [-0.39, 0.29) is 25.4 Å². The normalized spacial score (nSPS) is 13.8. The lowest BCUT2D eigenvalue weighted by molar-refractivity contribution is -0.139. The summed E-state index contributed by atoms with van der Waals surface area (Å²) in [7, 11) is 0. The van der Waals surface area contributed by atoms with Gasteiger partial charge in [0.1, 0.15) is 0 Å². The number of carbonyl (C=O) groups excluding carboxylic acids is 1. The molecule has 0 radical (unpaired) electrons. The number of imidazole rings is 1. The summed E-state index contributed by atoms with van der Waals surface area (Å²) in [5.41, 5.74) is 1.00. The van der Waals surface area contributed by atoms with Gasteiger partial charge >= 0.3 is 12.1 Å². The Bertz CT molecular complexity index is 887. The highest BCUT2D eigenvalue weighted by molar-refractivity contribution is 5.90. The third kappa shape index (κ3) is 3.91. The minimum absolute atomic E-state index is 0.0124. The lowest BCUT2D eigenvalue weighted by Gasteiger charge is -2.22. The second-order valence-corrected chi connectivity index (χ2v) is 6.01. The standard InChI is InChI=1S/C18H19F3N4O2/c1-3-27-16(26)13-10-25-12(9-23-17(25)24-11(13)2)8-22-15-7-5-4-6-14(15)18(19,20)21/h4-7,9,22H,3,8,10H2,1-2H3,(H,23,24). The third-order valence-corrected chi connectivity index (χ3v) is 4.22. The van der Waals surface area contributed by atoms with E-state index >= 15 is 0 Å². The third-order valence-electron chi connectivity index (χ3n) is 4.22. The number of ether oxygens (including phenoxy) is 1. The zero-order valence-corrected chi connectivity index (χ0v) is 14.9. The van der Waals surface area contributed by atoms with Crippen LogP contribution in [0.15, 0.2) is 41.7 Å². The van der Waals surface area contributed by atoms with Crippen molar-refractivity contribution in [2.45, 2.75) is 33.1 Å². The fourth-order valence-corrected chi connectivity index (χ4v) is 2.85. The molecule has 144 valence electrons. The van der Waals surface area contributed by atoms with Crippen molar-refractivity contribution in [2.24, 2.45) is 0 Å². The maximum Gasteiger partial charge on any atom is 0.418 e. The van der Waals surface area contributed by atoms with Crippen LogP contribution in [0.1, 0.15) is 25.1 Å². The Morgan fingerprint density at radius 3 is 2.81 bits per heavy atom. The first-order valence-electron chi connectivity index (χ1n) is 8.39. The lowest BCUT2D eigenvalue weighted by Crippen LogP contribution is -2.24. The van der Waals surface area contributed by atoms with Gasteiger partial charge in [-0.2, -0.15) is 13.2 Å². The Hall–Kier alpha value is -2.97. The van der Waals surface area contributed by atoms with Crippen LogP contribution in [0, 0.1) is 0 Å². The largest absolute Gasteiger partial charge is 0.463 e. The molecule has 0 spiro atoms. The first-order valence-corrected chi connectivity index (χ1v) is 8.39. The van der Waals surface area contributed by atoms with E-state index in [0.29, 0.717) is 22.9 Å². The molecule has 0 aliphatic carbocycles. The molecule has 1 aliphatic rings. The summed E-state index contributed by atoms with van der Waals surface area (Å²) in [5, 5.41) is 5.84. The summed E-state index contributed by atoms with van der Waals surface area (Å²) in [6.07, 6.45) is -2.88. The first kappa shape index (κ1) is 18.8. The van der Waals surface area contributed by atoms with Crippen LogP contribution >= 0.6 is 0 Å². The van der Waals surface area contributed by atoms with E-state index < -0.39 is 17.7 Å². The number of alkyl halides is 3. The van der Waals surface area contributed by atoms with Crippen LogP contribution in [0.4, 0.5) is 24.8 Å². The van der Waals surface area contributed by atoms with Gasteiger partial charge in [-0.25, -0.2) is 9.78 Å². The second kappa shape index (κ2) is 7.34. The van der Waals surface area contributed by atoms with Gasteiger partial charge in [0.2, 0.25) is 5.95 Å². The molecule has 1 aromatic heterocycles. The number of fused-ring (bicyclic) bond motifs is 1. The summed E-state index contributed by atoms with van der Waals surface area (Å²) in [5.74, 6) is 0.102. The lowest BCUT2D eigenvalue weighted by atomic mass is 10.1. The second-order valence-electron chi connectivity index (χ2n) is 6.01. The summed E-state index contributed by atoms with van der Waals surface area (Å²) < 4.78 is 46.1. The van der Waals surface area contributed by atoms with Crippen molar-refractivity contribution in [3.05, 3.63) is 53.0 Å². The van der Waals surface area contributed by atoms with Crippen LogP contribution in [0.3, 0.4) is 0 Å². The summed E-state index contributed by atoms with van der Waals surface area (Å²) in [4.78, 5) is 16.3. The monoisotopic (exact) mass is 380 g/mol. The highest BCUT2D eigenvalue weighted by Crippen LogP contribution is 2.35. The van der Waals surface area contributed by atoms with E-state index in [1.54, 1.807) is 24.6 Å². The fraction of sp³-hybridized carbons (Fsp3) is 0.333. The highest BCUT2D eigenvalue weighted by atomic mass is 19.4. The number of aromatic nitrogens is 2. The Morgan fingerprint density at radius 2 is 2.11 bits per heavy atom. The molecule has 1 aromatic carbocycles. The predicted octanol–water partition coefficient (Wildman–Crippen LogP) is 3.78. The molecule has 27 heavy (non-hydrogen) atoms. The topological polar surface area (TPSA) is 68.2 Å². The van der Waals surface area contributed by atoms with Gasteiger partial charge in [-0.1, -0.05) is 12.1 Å². The van der Waals surface area contributed by atoms with Crippen molar-refractivity contribution in [3.63, 3.8) is 0 Å². The van der Waals surface area contributed by atoms with Crippen LogP contribution in [0.5, 0.6) is 0 Å². The van der Waals surface area contributed by atoms with Gasteiger partial charge in [-0.3, -0.25) is 0 Å². The highest BCUT2D eigenvalue weighted by Gasteiger charge is 2.33. The zero-order chi connectivity index (χ0) is 19.6. The van der Waals surface area contributed by atoms with Gasteiger partial charge in [0.05, 0.1) is 42.7 Å². The molecular weight excluding hydrogens is 361 g/mol. The van der Waals surface area contributed by atoms with Crippen LogP contribution in [-0.2, 0) is 28.8 Å². The van der Waals surface area contributed by atoms with Crippen molar-refractivity contribution in [3.8, 4) is 0 Å². The molecule has 2 aromatic rings. The molecule has 3 rings (SSSR count). The molecule has 2 heterocycles. The number of halogens is 3. The van der Waals surface area contributed by atoms with Crippen LogP contribution in [0.25, 0.3) is 0 Å². The molecule has 0 fully saturated rings. The number of esters is 1. The average molecular weight is 380 g/mol. The van der Waals surface area contributed by atoms with Gasteiger partial charge < -0.3 is 19.9 Å². The van der Waals surface area contributed by atoms with E-state index in [1.807, 2.05) is 0 Å². The van der Waals surface area contributed by atoms with Crippen LogP contribution in [0.2, 0.25) is 0 Å². The van der Waals surface area contributed by atoms with Gasteiger partial charge in [0.25, 0.3) is 0 Å². The number of benzene rings is 1. The summed E-state index contributed by atoms with van der Waals surface area (Å²) in [6, 6.07) is 5.29. The Labute approximate surface area is 154 Å². The SMILES string of the molecule is CCOC(=O)C1=C(C)Nc2ncc(CNc3ccccc3C(F)(F)F)n2C1. The first-order chi connectivity index (χ1) is 12.8. The van der Waals surface area contributed by atoms with Gasteiger partial charge in [0, 0.05) is 11.4 Å². The van der Waals surface area contributed by atoms with Crippen LogP contribution < -0.4 is 10.6 Å². The Morgan fingerprint density at radius 1 is 1.37 bits per heavy atom. The molecule has 9 heteroatoms. The molecule has 0 saturated heterocycles. The number of nitrogens with one attached hydrogen (secondary N) is 2. The Balaban J connectivity index is 1.79. The predicted molar refractivity (Wildman–Crippen MR) is 94.0 cm³/mol. The molecule has 0 saturated carbocycles. The zero-order valence-electron chi connectivity index (χ0n) is 14.9. The van der Waals surface area contributed by atoms with E-state index in [2.05, 4.69) is 15.6 Å². The summed E-state index contributed by atoms with van der Waals surface area (Å²) >= 11 is 0. The molecule has 0 amide bonds. The molecule has 0 unspecified atom stereocenters. The van der Waals surface area contributed by atoms with Crippen molar-refractivity contribution < 1.29 is 22.7 Å². The van der Waals surface area contributed by atoms with Crippen molar-refractivity contribution >= 4 is 17.6 Å². The molecule has 0 atom stereocenters. The van der Waals surface area contributed by atoms with E-state index in [1.165, 1.54) is 18.2 Å². The smallest absolute Gasteiger partial charge is 0.418 e. The van der Waals surface area contributed by atoms with E-state index in [9.17, 15) is 18.0 Å². The fourth-order valence-electron chi connectivity index (χ4n) is 2.85. The molecule has 0 bridgehead atoms. The van der Waals surface area contributed by atoms with Crippen molar-refractivity contribution in [1.82, 2.24) is 9.55 Å². The van der Waals surface area contributed by atoms with Crippen molar-refractivity contribution in [1.29, 1.82) is 0 Å². The molecular formula is C18H19F3N4O2. The Kier molecular flexibility index (Phi) is 5.11. The minimum Gasteiger partial charge on any atom is -0.463 e. The number of para-hydroxylation sites is 1. The number of hydrogen-bond donors (Lipinski definition) is 2. The number of rotatable bonds is 5. The number of allylic oxidation sites excluding steroid dienone is 1. The summed E-state index contributed by atoms with van der Waals surface area (Å²) in [6.45, 7) is 4.10. The number of carbonyl (C=O) groups is 1. The molecule has 6 nitrogen and oxygen atoms in total. The van der Waals surface area contributed by atoms with Gasteiger partial charge in [-0.05, 0) is 26.0 Å². The molecule has 1 aliphatic heterocycles. The quantitative estimate of drug-likeness (QED) is 0.773. The van der Waals surface area contributed by atoms with Gasteiger partial charge in [0.15, 0.2) is 0 Å². The number of nitrogens with zero attached hydrogens (tertiary/aromatic N) is 2. The maximum atomic E-state index is 13.1. The van der Waals surface area contributed by atoms with Crippen molar-refractivity contribution in [2.75, 3.05) is 17.2 Å². The number of anilines is 2. The van der Waals surface area contributed by atoms with E-state index in [4.69, 9.17) is 4.74 Å². The van der Waals surface area contributed by atoms with Gasteiger partial charge in [-0.15, -0.1) is 0 Å². The molecule has 2 N–H and O–H groups in total. The number of hydrogen-bond acceptors (Lipinski definition) is 5. The van der Waals surface area contributed by atoms with Crippen LogP contribution in [-0.4, -0.2) is 22.1 Å². The maximum absolute atomic E-state index is 13.1. The average Bonchev–Trinajstić information content (AvgIpc) is 3.00.